The van der Waals surface area contributed by atoms with Crippen LogP contribution in [0.3, 0.4) is 0 Å². The molecule has 1 unspecified atom stereocenters. The molecule has 19 heavy (non-hydrogen) atoms. The molecule has 0 bridgehead atoms. The number of halogens is 1. The van der Waals surface area contributed by atoms with Gasteiger partial charge in [-0.3, -0.25) is 0 Å². The number of rotatable bonds is 4. The number of anilines is 1. The van der Waals surface area contributed by atoms with Crippen LogP contribution >= 0.6 is 22.9 Å². The molecule has 0 amide bonds. The lowest BCUT2D eigenvalue weighted by molar-refractivity contribution is 0.567. The summed E-state index contributed by atoms with van der Waals surface area (Å²) < 4.78 is 27.0. The Kier molecular flexibility index (Phi) is 4.15. The van der Waals surface area contributed by atoms with Crippen molar-refractivity contribution in [2.24, 2.45) is 0 Å². The molecule has 0 aliphatic rings. The molecule has 0 aliphatic heterocycles. The first-order valence-corrected chi connectivity index (χ1v) is 8.30. The molecule has 2 rings (SSSR count). The van der Waals surface area contributed by atoms with Gasteiger partial charge in [0.25, 0.3) is 0 Å². The summed E-state index contributed by atoms with van der Waals surface area (Å²) in [4.78, 5) is 0.105. The summed E-state index contributed by atoms with van der Waals surface area (Å²) in [5, 5.41) is 4.04. The molecular formula is C12H13ClN2O2S2. The molecule has 0 fully saturated rings. The van der Waals surface area contributed by atoms with E-state index in [2.05, 4.69) is 4.72 Å². The van der Waals surface area contributed by atoms with E-state index in [-0.39, 0.29) is 16.0 Å². The van der Waals surface area contributed by atoms with Crippen molar-refractivity contribution < 1.29 is 8.42 Å². The van der Waals surface area contributed by atoms with Crippen molar-refractivity contribution >= 4 is 38.6 Å². The second kappa shape index (κ2) is 5.50. The predicted octanol–water partition coefficient (Wildman–Crippen LogP) is 3.02. The summed E-state index contributed by atoms with van der Waals surface area (Å²) >= 11 is 7.36. The molecule has 1 heterocycles. The third-order valence-corrected chi connectivity index (χ3v) is 5.22. The number of nitrogens with two attached hydrogens (primary N) is 1. The highest BCUT2D eigenvalue weighted by Gasteiger charge is 2.19. The van der Waals surface area contributed by atoms with Crippen LogP contribution in [0.15, 0.2) is 39.9 Å². The van der Waals surface area contributed by atoms with Crippen LogP contribution in [-0.4, -0.2) is 8.42 Å². The highest BCUT2D eigenvalue weighted by atomic mass is 35.5. The van der Waals surface area contributed by atoms with Gasteiger partial charge in [-0.25, -0.2) is 13.1 Å². The second-order valence-electron chi connectivity index (χ2n) is 4.08. The van der Waals surface area contributed by atoms with Gasteiger partial charge in [0.15, 0.2) is 0 Å². The minimum atomic E-state index is -3.61. The van der Waals surface area contributed by atoms with Crippen LogP contribution in [-0.2, 0) is 10.0 Å². The molecule has 0 saturated carbocycles. The first-order chi connectivity index (χ1) is 8.90. The molecule has 1 aromatic heterocycles. The van der Waals surface area contributed by atoms with E-state index in [4.69, 9.17) is 17.3 Å². The summed E-state index contributed by atoms with van der Waals surface area (Å²) in [7, 11) is -3.61. The van der Waals surface area contributed by atoms with Gasteiger partial charge in [-0.1, -0.05) is 11.6 Å². The summed E-state index contributed by atoms with van der Waals surface area (Å²) in [6.07, 6.45) is 0. The van der Waals surface area contributed by atoms with Gasteiger partial charge in [0.1, 0.15) is 0 Å². The zero-order valence-electron chi connectivity index (χ0n) is 10.1. The fourth-order valence-electron chi connectivity index (χ4n) is 1.57. The maximum Gasteiger partial charge on any atom is 0.241 e. The van der Waals surface area contributed by atoms with E-state index >= 15 is 0 Å². The molecule has 0 saturated heterocycles. The van der Waals surface area contributed by atoms with Crippen LogP contribution in [0.4, 0.5) is 5.69 Å². The Morgan fingerprint density at radius 2 is 2.11 bits per heavy atom. The fourth-order valence-corrected chi connectivity index (χ4v) is 3.82. The lowest BCUT2D eigenvalue weighted by atomic mass is 10.2. The number of nitrogen functional groups attached to an aromatic ring is 1. The average molecular weight is 317 g/mol. The summed E-state index contributed by atoms with van der Waals surface area (Å²) in [6.45, 7) is 1.79. The van der Waals surface area contributed by atoms with Crippen molar-refractivity contribution in [1.29, 1.82) is 0 Å². The molecule has 0 spiro atoms. The zero-order chi connectivity index (χ0) is 14.0. The van der Waals surface area contributed by atoms with Crippen LogP contribution in [0.5, 0.6) is 0 Å². The molecule has 4 nitrogen and oxygen atoms in total. The molecule has 0 aliphatic carbocycles. The lowest BCUT2D eigenvalue weighted by Crippen LogP contribution is -2.26. The minimum Gasteiger partial charge on any atom is -0.398 e. The highest BCUT2D eigenvalue weighted by Crippen LogP contribution is 2.24. The van der Waals surface area contributed by atoms with E-state index in [1.165, 1.54) is 29.5 Å². The zero-order valence-corrected chi connectivity index (χ0v) is 12.5. The largest absolute Gasteiger partial charge is 0.398 e. The van der Waals surface area contributed by atoms with Gasteiger partial charge in [0.05, 0.1) is 15.6 Å². The number of hydrogen-bond donors (Lipinski definition) is 2. The number of nitrogens with one attached hydrogen (secondary N) is 1. The maximum absolute atomic E-state index is 12.2. The molecule has 1 aromatic carbocycles. The van der Waals surface area contributed by atoms with Gasteiger partial charge in [-0.2, -0.15) is 11.3 Å². The van der Waals surface area contributed by atoms with Gasteiger partial charge in [0, 0.05) is 6.04 Å². The number of thiophene rings is 1. The normalized spacial score (nSPS) is 13.4. The Morgan fingerprint density at radius 3 is 2.68 bits per heavy atom. The summed E-state index contributed by atoms with van der Waals surface area (Å²) in [6, 6.07) is 5.84. The quantitative estimate of drug-likeness (QED) is 0.852. The first kappa shape index (κ1) is 14.3. The Balaban J connectivity index is 2.25. The number of benzene rings is 1. The molecule has 3 N–H and O–H groups in total. The highest BCUT2D eigenvalue weighted by molar-refractivity contribution is 7.89. The van der Waals surface area contributed by atoms with E-state index in [1.807, 2.05) is 16.8 Å². The van der Waals surface area contributed by atoms with Gasteiger partial charge in [0.2, 0.25) is 10.0 Å². The number of sulfonamides is 1. The summed E-state index contributed by atoms with van der Waals surface area (Å²) in [5.74, 6) is 0. The Labute approximate surface area is 121 Å². The standard InChI is InChI=1S/C12H13ClN2O2S2/c1-8(9-4-5-18-7-9)15-19(16,17)10-2-3-12(14)11(13)6-10/h2-8,15H,14H2,1H3. The van der Waals surface area contributed by atoms with Crippen molar-refractivity contribution in [3.05, 3.63) is 45.6 Å². The minimum absolute atomic E-state index is 0.105. The fraction of sp³-hybridized carbons (Fsp3) is 0.167. The van der Waals surface area contributed by atoms with Gasteiger partial charge >= 0.3 is 0 Å². The third-order valence-electron chi connectivity index (χ3n) is 2.66. The van der Waals surface area contributed by atoms with Crippen molar-refractivity contribution in [2.75, 3.05) is 5.73 Å². The Morgan fingerprint density at radius 1 is 1.37 bits per heavy atom. The molecule has 2 aromatic rings. The SMILES string of the molecule is CC(NS(=O)(=O)c1ccc(N)c(Cl)c1)c1ccsc1. The lowest BCUT2D eigenvalue weighted by Gasteiger charge is -2.13. The Bertz CT molecular complexity index is 669. The van der Waals surface area contributed by atoms with Crippen molar-refractivity contribution in [3.63, 3.8) is 0 Å². The van der Waals surface area contributed by atoms with Crippen molar-refractivity contribution in [3.8, 4) is 0 Å². The smallest absolute Gasteiger partial charge is 0.241 e. The van der Waals surface area contributed by atoms with Crippen molar-refractivity contribution in [2.45, 2.75) is 17.9 Å². The van der Waals surface area contributed by atoms with Crippen LogP contribution in [0.1, 0.15) is 18.5 Å². The van der Waals surface area contributed by atoms with Crippen LogP contribution in [0.2, 0.25) is 5.02 Å². The Hall–Kier alpha value is -1.08. The second-order valence-corrected chi connectivity index (χ2v) is 6.98. The van der Waals surface area contributed by atoms with E-state index in [9.17, 15) is 8.42 Å². The summed E-state index contributed by atoms with van der Waals surface area (Å²) in [5.41, 5.74) is 6.84. The van der Waals surface area contributed by atoms with Gasteiger partial charge in [-0.05, 0) is 47.5 Å². The molecule has 7 heteroatoms. The maximum atomic E-state index is 12.2. The first-order valence-electron chi connectivity index (χ1n) is 5.49. The molecule has 1 atom stereocenters. The topological polar surface area (TPSA) is 72.2 Å². The van der Waals surface area contributed by atoms with E-state index in [0.29, 0.717) is 5.69 Å². The predicted molar refractivity (Wildman–Crippen MR) is 78.9 cm³/mol. The number of hydrogen-bond acceptors (Lipinski definition) is 4. The van der Waals surface area contributed by atoms with Crippen LogP contribution in [0.25, 0.3) is 0 Å². The third kappa shape index (κ3) is 3.27. The molecule has 0 radical (unpaired) electrons. The van der Waals surface area contributed by atoms with Crippen LogP contribution in [0, 0.1) is 0 Å². The van der Waals surface area contributed by atoms with E-state index in [0.717, 1.165) is 5.56 Å². The van der Waals surface area contributed by atoms with Gasteiger partial charge < -0.3 is 5.73 Å². The molecule has 102 valence electrons. The molecular weight excluding hydrogens is 304 g/mol. The van der Waals surface area contributed by atoms with Gasteiger partial charge in [-0.15, -0.1) is 0 Å². The monoisotopic (exact) mass is 316 g/mol. The van der Waals surface area contributed by atoms with E-state index in [1.54, 1.807) is 6.92 Å². The van der Waals surface area contributed by atoms with Crippen molar-refractivity contribution in [1.82, 2.24) is 4.72 Å². The average Bonchev–Trinajstić information content (AvgIpc) is 2.85. The van der Waals surface area contributed by atoms with Crippen LogP contribution < -0.4 is 10.5 Å². The van der Waals surface area contributed by atoms with E-state index < -0.39 is 10.0 Å².